The van der Waals surface area contributed by atoms with Crippen molar-refractivity contribution < 1.29 is 4.42 Å². The van der Waals surface area contributed by atoms with Crippen molar-refractivity contribution in [3.8, 4) is 0 Å². The Bertz CT molecular complexity index is 527. The third-order valence-corrected chi connectivity index (χ3v) is 4.38. The van der Waals surface area contributed by atoms with E-state index in [0.717, 1.165) is 25.1 Å². The van der Waals surface area contributed by atoms with Gasteiger partial charge in [-0.2, -0.15) is 0 Å². The minimum atomic E-state index is 0.263. The highest BCUT2D eigenvalue weighted by Crippen LogP contribution is 2.32. The van der Waals surface area contributed by atoms with E-state index in [1.165, 1.54) is 20.9 Å². The smallest absolute Gasteiger partial charge is 0.108 e. The monoisotopic (exact) mass is 277 g/mol. The van der Waals surface area contributed by atoms with Crippen molar-refractivity contribution in [3.05, 3.63) is 45.0 Å². The highest BCUT2D eigenvalue weighted by Gasteiger charge is 2.21. The molecule has 3 heteroatoms. The molecule has 1 atom stereocenters. The maximum Gasteiger partial charge on any atom is 0.108 e. The molecule has 0 radical (unpaired) electrons. The van der Waals surface area contributed by atoms with E-state index in [1.54, 1.807) is 0 Å². The Morgan fingerprint density at radius 1 is 1.26 bits per heavy atom. The second-order valence-electron chi connectivity index (χ2n) is 4.91. The van der Waals surface area contributed by atoms with Crippen LogP contribution < -0.4 is 5.32 Å². The summed E-state index contributed by atoms with van der Waals surface area (Å²) in [6.07, 6.45) is 3.89. The molecule has 2 heterocycles. The first-order valence-corrected chi connectivity index (χ1v) is 7.85. The van der Waals surface area contributed by atoms with E-state index >= 15 is 0 Å². The van der Waals surface area contributed by atoms with Gasteiger partial charge in [0.05, 0.1) is 12.3 Å². The van der Waals surface area contributed by atoms with E-state index in [4.69, 9.17) is 4.42 Å². The first-order chi connectivity index (χ1) is 9.17. The number of hydrogen-bond acceptors (Lipinski definition) is 3. The van der Waals surface area contributed by atoms with Crippen molar-refractivity contribution in [2.24, 2.45) is 0 Å². The van der Waals surface area contributed by atoms with Gasteiger partial charge in [0.1, 0.15) is 5.76 Å². The van der Waals surface area contributed by atoms with Gasteiger partial charge in [-0.3, -0.25) is 0 Å². The van der Waals surface area contributed by atoms with Gasteiger partial charge in [-0.1, -0.05) is 13.8 Å². The molecule has 1 unspecified atom stereocenters. The summed E-state index contributed by atoms with van der Waals surface area (Å²) in [4.78, 5) is 2.77. The molecule has 0 aliphatic carbocycles. The van der Waals surface area contributed by atoms with Crippen LogP contribution in [0.5, 0.6) is 0 Å². The summed E-state index contributed by atoms with van der Waals surface area (Å²) < 4.78 is 5.61. The molecule has 104 valence electrons. The Morgan fingerprint density at radius 2 is 2.05 bits per heavy atom. The van der Waals surface area contributed by atoms with E-state index in [1.807, 2.05) is 17.6 Å². The molecule has 0 spiro atoms. The summed E-state index contributed by atoms with van der Waals surface area (Å²) in [5.74, 6) is 1.09. The standard InChI is InChI=1S/C16H23NOS/c1-5-8-17-16(13-7-9-18-15(13)6-2)14-10-11(3)19-12(14)4/h7,9-10,16-17H,5-6,8H2,1-4H3. The van der Waals surface area contributed by atoms with Gasteiger partial charge in [-0.05, 0) is 44.5 Å². The van der Waals surface area contributed by atoms with Crippen molar-refractivity contribution in [1.82, 2.24) is 5.32 Å². The predicted octanol–water partition coefficient (Wildman–Crippen LogP) is 4.61. The Hall–Kier alpha value is -1.06. The molecule has 0 saturated carbocycles. The van der Waals surface area contributed by atoms with Crippen LogP contribution in [0.2, 0.25) is 0 Å². The fourth-order valence-electron chi connectivity index (χ4n) is 2.51. The summed E-state index contributed by atoms with van der Waals surface area (Å²) in [5.41, 5.74) is 2.68. The maximum absolute atomic E-state index is 5.61. The van der Waals surface area contributed by atoms with Crippen molar-refractivity contribution >= 4 is 11.3 Å². The van der Waals surface area contributed by atoms with E-state index in [-0.39, 0.29) is 6.04 Å². The highest BCUT2D eigenvalue weighted by molar-refractivity contribution is 7.12. The molecule has 2 nitrogen and oxygen atoms in total. The zero-order valence-corrected chi connectivity index (χ0v) is 13.1. The van der Waals surface area contributed by atoms with Crippen LogP contribution in [0.3, 0.4) is 0 Å². The minimum absolute atomic E-state index is 0.263. The highest BCUT2D eigenvalue weighted by atomic mass is 32.1. The third-order valence-electron chi connectivity index (χ3n) is 3.40. The molecule has 0 bridgehead atoms. The average molecular weight is 277 g/mol. The molecular weight excluding hydrogens is 254 g/mol. The number of furan rings is 1. The molecule has 0 saturated heterocycles. The SMILES string of the molecule is CCCNC(c1ccoc1CC)c1cc(C)sc1C. The van der Waals surface area contributed by atoms with Crippen LogP contribution in [0.4, 0.5) is 0 Å². The summed E-state index contributed by atoms with van der Waals surface area (Å²) in [7, 11) is 0. The summed E-state index contributed by atoms with van der Waals surface area (Å²) in [6.45, 7) is 9.75. The van der Waals surface area contributed by atoms with Crippen LogP contribution in [0.1, 0.15) is 53.0 Å². The van der Waals surface area contributed by atoms with E-state index in [2.05, 4.69) is 45.1 Å². The van der Waals surface area contributed by atoms with Gasteiger partial charge in [0, 0.05) is 21.7 Å². The Morgan fingerprint density at radius 3 is 2.63 bits per heavy atom. The Labute approximate surface area is 119 Å². The summed E-state index contributed by atoms with van der Waals surface area (Å²) in [6, 6.07) is 4.68. The van der Waals surface area contributed by atoms with Crippen molar-refractivity contribution in [2.45, 2.75) is 46.6 Å². The topological polar surface area (TPSA) is 25.2 Å². The van der Waals surface area contributed by atoms with Crippen molar-refractivity contribution in [2.75, 3.05) is 6.54 Å². The van der Waals surface area contributed by atoms with Crippen molar-refractivity contribution in [1.29, 1.82) is 0 Å². The first-order valence-electron chi connectivity index (χ1n) is 7.03. The van der Waals surface area contributed by atoms with E-state index in [0.29, 0.717) is 0 Å². The quantitative estimate of drug-likeness (QED) is 0.834. The predicted molar refractivity (Wildman–Crippen MR) is 82.0 cm³/mol. The summed E-state index contributed by atoms with van der Waals surface area (Å²) >= 11 is 1.87. The average Bonchev–Trinajstić information content (AvgIpc) is 2.97. The molecule has 0 aromatic carbocycles. The van der Waals surface area contributed by atoms with Gasteiger partial charge in [-0.15, -0.1) is 11.3 Å². The first kappa shape index (κ1) is 14.4. The fraction of sp³-hybridized carbons (Fsp3) is 0.500. The lowest BCUT2D eigenvalue weighted by Gasteiger charge is -2.19. The van der Waals surface area contributed by atoms with Crippen LogP contribution in [-0.4, -0.2) is 6.54 Å². The maximum atomic E-state index is 5.61. The van der Waals surface area contributed by atoms with Gasteiger partial charge < -0.3 is 9.73 Å². The number of hydrogen-bond donors (Lipinski definition) is 1. The molecule has 2 aromatic rings. The van der Waals surface area contributed by atoms with E-state index in [9.17, 15) is 0 Å². The molecule has 0 fully saturated rings. The molecule has 19 heavy (non-hydrogen) atoms. The normalized spacial score (nSPS) is 12.8. The second-order valence-corrected chi connectivity index (χ2v) is 6.37. The second kappa shape index (κ2) is 6.40. The van der Waals surface area contributed by atoms with Gasteiger partial charge >= 0.3 is 0 Å². The van der Waals surface area contributed by atoms with Gasteiger partial charge in [0.2, 0.25) is 0 Å². The zero-order chi connectivity index (χ0) is 13.8. The van der Waals surface area contributed by atoms with Crippen LogP contribution in [0, 0.1) is 13.8 Å². The van der Waals surface area contributed by atoms with Crippen molar-refractivity contribution in [3.63, 3.8) is 0 Å². The Balaban J connectivity index is 2.38. The molecule has 0 amide bonds. The number of nitrogens with one attached hydrogen (secondary N) is 1. The number of aryl methyl sites for hydroxylation is 3. The number of rotatable bonds is 6. The molecular formula is C16H23NOS. The van der Waals surface area contributed by atoms with Crippen LogP contribution in [-0.2, 0) is 6.42 Å². The lowest BCUT2D eigenvalue weighted by atomic mass is 9.98. The molecule has 2 aromatic heterocycles. The molecule has 0 aliphatic heterocycles. The largest absolute Gasteiger partial charge is 0.469 e. The van der Waals surface area contributed by atoms with Gasteiger partial charge in [0.15, 0.2) is 0 Å². The van der Waals surface area contributed by atoms with Crippen LogP contribution in [0.25, 0.3) is 0 Å². The number of thiophene rings is 1. The zero-order valence-electron chi connectivity index (χ0n) is 12.2. The lowest BCUT2D eigenvalue weighted by Crippen LogP contribution is -2.23. The lowest BCUT2D eigenvalue weighted by molar-refractivity contribution is 0.500. The Kier molecular flexibility index (Phi) is 4.83. The molecule has 2 rings (SSSR count). The van der Waals surface area contributed by atoms with E-state index < -0.39 is 0 Å². The van der Waals surface area contributed by atoms with Crippen LogP contribution >= 0.6 is 11.3 Å². The van der Waals surface area contributed by atoms with Crippen LogP contribution in [0.15, 0.2) is 22.8 Å². The van der Waals surface area contributed by atoms with Gasteiger partial charge in [-0.25, -0.2) is 0 Å². The molecule has 1 N–H and O–H groups in total. The molecule has 0 aliphatic rings. The third kappa shape index (κ3) is 3.10. The summed E-state index contributed by atoms with van der Waals surface area (Å²) in [5, 5.41) is 3.66. The fourth-order valence-corrected chi connectivity index (χ4v) is 3.47. The van der Waals surface area contributed by atoms with Gasteiger partial charge in [0.25, 0.3) is 0 Å². The minimum Gasteiger partial charge on any atom is -0.469 e.